The Hall–Kier alpha value is 0.0900. The second-order valence-electron chi connectivity index (χ2n) is 3.27. The zero-order valence-electron chi connectivity index (χ0n) is 8.51. The highest BCUT2D eigenvalue weighted by atomic mass is 79.9. The summed E-state index contributed by atoms with van der Waals surface area (Å²) in [5.74, 6) is 0.0887. The van der Waals surface area contributed by atoms with Crippen molar-refractivity contribution in [3.63, 3.8) is 0 Å². The van der Waals surface area contributed by atoms with Crippen molar-refractivity contribution in [3.05, 3.63) is 11.1 Å². The molecule has 0 saturated heterocycles. The summed E-state index contributed by atoms with van der Waals surface area (Å²) in [6.45, 7) is 8.19. The largest absolute Gasteiger partial charge is 0.313 e. The monoisotopic (exact) mass is 284 g/mol. The predicted octanol–water partition coefficient (Wildman–Crippen LogP) is 0.812. The molecule has 0 aromatic rings. The van der Waals surface area contributed by atoms with Crippen LogP contribution in [-0.4, -0.2) is 33.3 Å². The van der Waals surface area contributed by atoms with Gasteiger partial charge in [-0.15, -0.1) is 0 Å². The van der Waals surface area contributed by atoms with Gasteiger partial charge in [-0.3, -0.25) is 0 Å². The first kappa shape index (κ1) is 14.1. The molecule has 0 spiro atoms. The minimum absolute atomic E-state index is 0.0887. The van der Waals surface area contributed by atoms with E-state index < -0.39 is 10.0 Å². The van der Waals surface area contributed by atoms with Gasteiger partial charge in [0.25, 0.3) is 0 Å². The van der Waals surface area contributed by atoms with E-state index in [-0.39, 0.29) is 12.3 Å². The molecular formula is C8H17BrN2O2S. The van der Waals surface area contributed by atoms with Gasteiger partial charge in [-0.2, -0.15) is 0 Å². The molecule has 0 aromatic heterocycles. The highest BCUT2D eigenvalue weighted by Crippen LogP contribution is 1.98. The highest BCUT2D eigenvalue weighted by Gasteiger charge is 2.09. The van der Waals surface area contributed by atoms with Gasteiger partial charge in [0.1, 0.15) is 0 Å². The van der Waals surface area contributed by atoms with Gasteiger partial charge in [0.05, 0.1) is 5.75 Å². The van der Waals surface area contributed by atoms with E-state index in [9.17, 15) is 8.42 Å². The number of rotatable bonds is 7. The summed E-state index contributed by atoms with van der Waals surface area (Å²) >= 11 is 3.08. The molecule has 2 N–H and O–H groups in total. The maximum Gasteiger partial charge on any atom is 0.213 e. The van der Waals surface area contributed by atoms with Crippen LogP contribution in [-0.2, 0) is 10.0 Å². The molecular weight excluding hydrogens is 268 g/mol. The predicted molar refractivity (Wildman–Crippen MR) is 63.0 cm³/mol. The van der Waals surface area contributed by atoms with Crippen molar-refractivity contribution in [3.8, 4) is 0 Å². The highest BCUT2D eigenvalue weighted by molar-refractivity contribution is 9.11. The van der Waals surface area contributed by atoms with Crippen molar-refractivity contribution in [1.82, 2.24) is 10.0 Å². The molecule has 0 rings (SSSR count). The van der Waals surface area contributed by atoms with Crippen LogP contribution in [0.1, 0.15) is 13.8 Å². The second kappa shape index (κ2) is 6.55. The molecule has 0 saturated carbocycles. The normalized spacial score (nSPS) is 12.0. The summed E-state index contributed by atoms with van der Waals surface area (Å²) in [5, 5.41) is 3.04. The van der Waals surface area contributed by atoms with Crippen molar-refractivity contribution in [1.29, 1.82) is 0 Å². The summed E-state index contributed by atoms with van der Waals surface area (Å²) in [4.78, 5) is 0. The number of nitrogens with one attached hydrogen (secondary N) is 2. The van der Waals surface area contributed by atoms with Crippen LogP contribution in [0.4, 0.5) is 0 Å². The van der Waals surface area contributed by atoms with Crippen LogP contribution in [0, 0.1) is 0 Å². The van der Waals surface area contributed by atoms with Crippen LogP contribution in [0.25, 0.3) is 0 Å². The van der Waals surface area contributed by atoms with Crippen molar-refractivity contribution < 1.29 is 8.42 Å². The third-order valence-electron chi connectivity index (χ3n) is 1.41. The lowest BCUT2D eigenvalue weighted by atomic mass is 10.4. The molecule has 14 heavy (non-hydrogen) atoms. The summed E-state index contributed by atoms with van der Waals surface area (Å²) in [6.07, 6.45) is 0. The average Bonchev–Trinajstić information content (AvgIpc) is 2.00. The minimum atomic E-state index is -3.18. The topological polar surface area (TPSA) is 58.2 Å². The Morgan fingerprint density at radius 1 is 1.50 bits per heavy atom. The molecule has 84 valence electrons. The van der Waals surface area contributed by atoms with E-state index in [2.05, 4.69) is 32.5 Å². The van der Waals surface area contributed by atoms with E-state index in [0.717, 1.165) is 0 Å². The minimum Gasteiger partial charge on any atom is -0.313 e. The first-order valence-corrected chi connectivity index (χ1v) is 6.82. The molecule has 0 unspecified atom stereocenters. The maximum atomic E-state index is 11.3. The molecule has 0 aliphatic rings. The zero-order chi connectivity index (χ0) is 11.2. The standard InChI is InChI=1S/C8H17BrN2O2S/c1-7(2)10-4-5-14(12,13)11-6-8(3)9/h7,10-11H,3-6H2,1-2H3. The van der Waals surface area contributed by atoms with E-state index in [1.165, 1.54) is 0 Å². The van der Waals surface area contributed by atoms with Crippen LogP contribution < -0.4 is 10.0 Å². The smallest absolute Gasteiger partial charge is 0.213 e. The molecule has 0 heterocycles. The van der Waals surface area contributed by atoms with E-state index in [0.29, 0.717) is 17.1 Å². The van der Waals surface area contributed by atoms with Gasteiger partial charge in [0.2, 0.25) is 10.0 Å². The van der Waals surface area contributed by atoms with E-state index >= 15 is 0 Å². The summed E-state index contributed by atoms with van der Waals surface area (Å²) in [7, 11) is -3.18. The van der Waals surface area contributed by atoms with Gasteiger partial charge in [-0.1, -0.05) is 36.4 Å². The lowest BCUT2D eigenvalue weighted by Crippen LogP contribution is -2.34. The fourth-order valence-corrected chi connectivity index (χ4v) is 1.99. The molecule has 0 fully saturated rings. The first-order chi connectivity index (χ1) is 6.33. The van der Waals surface area contributed by atoms with Gasteiger partial charge >= 0.3 is 0 Å². The van der Waals surface area contributed by atoms with Gasteiger partial charge < -0.3 is 5.32 Å². The third kappa shape index (κ3) is 8.68. The van der Waals surface area contributed by atoms with Crippen LogP contribution in [0.5, 0.6) is 0 Å². The van der Waals surface area contributed by atoms with Crippen molar-refractivity contribution >= 4 is 26.0 Å². The first-order valence-electron chi connectivity index (χ1n) is 4.37. The van der Waals surface area contributed by atoms with Crippen molar-refractivity contribution in [2.45, 2.75) is 19.9 Å². The number of hydrogen-bond acceptors (Lipinski definition) is 3. The molecule has 0 atom stereocenters. The maximum absolute atomic E-state index is 11.3. The van der Waals surface area contributed by atoms with Crippen molar-refractivity contribution in [2.75, 3.05) is 18.8 Å². The average molecular weight is 285 g/mol. The van der Waals surface area contributed by atoms with Crippen LogP contribution in [0.3, 0.4) is 0 Å². The van der Waals surface area contributed by atoms with E-state index in [4.69, 9.17) is 0 Å². The SMILES string of the molecule is C=C(Br)CNS(=O)(=O)CCNC(C)C. The molecule has 0 aromatic carbocycles. The molecule has 0 amide bonds. The fourth-order valence-electron chi connectivity index (χ4n) is 0.742. The zero-order valence-corrected chi connectivity index (χ0v) is 10.9. The fraction of sp³-hybridized carbons (Fsp3) is 0.750. The number of hydrogen-bond donors (Lipinski definition) is 2. The lowest BCUT2D eigenvalue weighted by molar-refractivity contribution is 0.570. The Balaban J connectivity index is 3.79. The summed E-state index contributed by atoms with van der Waals surface area (Å²) in [6, 6.07) is 0.302. The Kier molecular flexibility index (Phi) is 6.59. The third-order valence-corrected chi connectivity index (χ3v) is 3.01. The molecule has 0 aliphatic carbocycles. The summed E-state index contributed by atoms with van der Waals surface area (Å²) in [5.41, 5.74) is 0. The second-order valence-corrected chi connectivity index (χ2v) is 6.31. The van der Waals surface area contributed by atoms with E-state index in [1.807, 2.05) is 13.8 Å². The Morgan fingerprint density at radius 3 is 2.50 bits per heavy atom. The molecule has 0 aliphatic heterocycles. The van der Waals surface area contributed by atoms with Crippen molar-refractivity contribution in [2.24, 2.45) is 0 Å². The van der Waals surface area contributed by atoms with Gasteiger partial charge in [0, 0.05) is 23.6 Å². The Bertz CT molecular complexity index is 275. The van der Waals surface area contributed by atoms with E-state index in [1.54, 1.807) is 0 Å². The van der Waals surface area contributed by atoms with Crippen LogP contribution >= 0.6 is 15.9 Å². The van der Waals surface area contributed by atoms with Crippen LogP contribution in [0.15, 0.2) is 11.1 Å². The molecule has 4 nitrogen and oxygen atoms in total. The van der Waals surface area contributed by atoms with Gasteiger partial charge in [0.15, 0.2) is 0 Å². The molecule has 6 heteroatoms. The van der Waals surface area contributed by atoms with Gasteiger partial charge in [-0.05, 0) is 0 Å². The van der Waals surface area contributed by atoms with Gasteiger partial charge in [-0.25, -0.2) is 13.1 Å². The molecule has 0 bridgehead atoms. The quantitative estimate of drug-likeness (QED) is 0.728. The Morgan fingerprint density at radius 2 is 2.07 bits per heavy atom. The molecule has 0 radical (unpaired) electrons. The number of halogens is 1. The lowest BCUT2D eigenvalue weighted by Gasteiger charge is -2.09. The Labute approximate surface area is 94.3 Å². The van der Waals surface area contributed by atoms with Crippen LogP contribution in [0.2, 0.25) is 0 Å². The number of sulfonamides is 1. The summed E-state index contributed by atoms with van der Waals surface area (Å²) < 4.78 is 25.6.